The zero-order chi connectivity index (χ0) is 23.3. The van der Waals surface area contributed by atoms with Gasteiger partial charge in [0, 0.05) is 43.3 Å². The monoisotopic (exact) mass is 469 g/mol. The van der Waals surface area contributed by atoms with Gasteiger partial charge < -0.3 is 15.6 Å². The van der Waals surface area contributed by atoms with E-state index in [0.29, 0.717) is 46.8 Å². The van der Waals surface area contributed by atoms with Crippen LogP contribution in [0.3, 0.4) is 0 Å². The van der Waals surface area contributed by atoms with Crippen LogP contribution in [0.1, 0.15) is 6.42 Å². The summed E-state index contributed by atoms with van der Waals surface area (Å²) < 4.78 is 53.0. The molecule has 170 valence electrons. The van der Waals surface area contributed by atoms with Crippen LogP contribution in [-0.2, 0) is 9.84 Å². The largest absolute Gasteiger partial charge is 0.369 e. The van der Waals surface area contributed by atoms with Crippen molar-refractivity contribution in [2.45, 2.75) is 17.4 Å². The van der Waals surface area contributed by atoms with E-state index in [1.165, 1.54) is 18.2 Å². The van der Waals surface area contributed by atoms with E-state index in [1.807, 2.05) is 4.90 Å². The third kappa shape index (κ3) is 3.96. The van der Waals surface area contributed by atoms with Crippen LogP contribution >= 0.6 is 0 Å². The molecule has 2 aromatic carbocycles. The Labute approximate surface area is 189 Å². The normalized spacial score (nSPS) is 16.6. The third-order valence-electron chi connectivity index (χ3n) is 5.79. The summed E-state index contributed by atoms with van der Waals surface area (Å²) in [7, 11) is -3.64. The molecule has 1 aliphatic rings. The van der Waals surface area contributed by atoms with Crippen LogP contribution in [-0.4, -0.2) is 48.8 Å². The highest BCUT2D eigenvalue weighted by molar-refractivity contribution is 7.90. The van der Waals surface area contributed by atoms with Gasteiger partial charge in [-0.25, -0.2) is 22.2 Å². The van der Waals surface area contributed by atoms with E-state index in [2.05, 4.69) is 15.0 Å². The minimum atomic E-state index is -3.64. The molecule has 1 saturated heterocycles. The Morgan fingerprint density at radius 2 is 1.94 bits per heavy atom. The van der Waals surface area contributed by atoms with Gasteiger partial charge in [0.25, 0.3) is 0 Å². The molecule has 1 atom stereocenters. The molecule has 4 aromatic rings. The molecule has 0 amide bonds. The van der Waals surface area contributed by atoms with E-state index >= 15 is 0 Å². The highest BCUT2D eigenvalue weighted by Gasteiger charge is 2.27. The molecule has 0 spiro atoms. The van der Waals surface area contributed by atoms with E-state index in [4.69, 9.17) is 5.73 Å². The topological polar surface area (TPSA) is 105 Å². The Bertz CT molecular complexity index is 1490. The lowest BCUT2D eigenvalue weighted by Crippen LogP contribution is -2.27. The number of nitrogens with one attached hydrogen (secondary N) is 1. The van der Waals surface area contributed by atoms with Crippen molar-refractivity contribution in [1.29, 1.82) is 0 Å². The molecule has 2 aromatic heterocycles. The van der Waals surface area contributed by atoms with Gasteiger partial charge in [-0.1, -0.05) is 6.07 Å². The maximum atomic E-state index is 14.4. The summed E-state index contributed by atoms with van der Waals surface area (Å²) in [6.45, 7) is 1.20. The number of benzene rings is 2. The average molecular weight is 470 g/mol. The van der Waals surface area contributed by atoms with Crippen LogP contribution < -0.4 is 10.6 Å². The maximum absolute atomic E-state index is 14.4. The van der Waals surface area contributed by atoms with Gasteiger partial charge in [0.1, 0.15) is 17.2 Å². The molecule has 1 unspecified atom stereocenters. The Balaban J connectivity index is 1.76. The van der Waals surface area contributed by atoms with Gasteiger partial charge in [0.15, 0.2) is 15.7 Å². The molecule has 0 radical (unpaired) electrons. The van der Waals surface area contributed by atoms with Crippen LogP contribution in [0.15, 0.2) is 53.7 Å². The number of sulfone groups is 1. The summed E-state index contributed by atoms with van der Waals surface area (Å²) in [5.74, 6) is -0.723. The zero-order valence-electron chi connectivity index (χ0n) is 17.7. The lowest BCUT2D eigenvalue weighted by atomic mass is 10.0. The number of pyridine rings is 1. The average Bonchev–Trinajstić information content (AvgIpc) is 3.39. The molecule has 3 N–H and O–H groups in total. The van der Waals surface area contributed by atoms with Crippen LogP contribution in [0.5, 0.6) is 0 Å². The molecular formula is C23H21F2N5O2S. The molecule has 0 bridgehead atoms. The van der Waals surface area contributed by atoms with Crippen molar-refractivity contribution in [2.24, 2.45) is 5.73 Å². The first-order valence-electron chi connectivity index (χ1n) is 10.3. The third-order valence-corrected chi connectivity index (χ3v) is 6.88. The number of fused-ring (bicyclic) bond motifs is 1. The number of anilines is 1. The van der Waals surface area contributed by atoms with Crippen molar-refractivity contribution in [3.63, 3.8) is 0 Å². The first-order chi connectivity index (χ1) is 15.7. The van der Waals surface area contributed by atoms with Crippen molar-refractivity contribution in [1.82, 2.24) is 15.0 Å². The Hall–Kier alpha value is -3.37. The number of nitrogens with two attached hydrogens (primary N) is 1. The number of hydrogen-bond acceptors (Lipinski definition) is 6. The second kappa shape index (κ2) is 7.89. The van der Waals surface area contributed by atoms with Gasteiger partial charge in [0.05, 0.1) is 21.7 Å². The van der Waals surface area contributed by atoms with E-state index in [9.17, 15) is 17.2 Å². The van der Waals surface area contributed by atoms with Crippen molar-refractivity contribution in [3.05, 3.63) is 60.4 Å². The smallest absolute Gasteiger partial charge is 0.175 e. The standard InChI is InChI=1S/C23H21F2N5O2S/c1-33(31,32)16-8-13(7-14(24)9-16)17-10-27-11-18(22(17)30-6-5-15(26)12-30)23-28-20-4-2-3-19(25)21(20)29-23/h2-4,7-11,15H,5-6,12,26H2,1H3,(H,28,29). The number of H-pyrrole nitrogens is 1. The van der Waals surface area contributed by atoms with E-state index in [0.717, 1.165) is 18.7 Å². The van der Waals surface area contributed by atoms with Gasteiger partial charge >= 0.3 is 0 Å². The number of rotatable bonds is 4. The van der Waals surface area contributed by atoms with Gasteiger partial charge in [0.2, 0.25) is 0 Å². The van der Waals surface area contributed by atoms with Gasteiger partial charge in [-0.05, 0) is 42.3 Å². The molecule has 7 nitrogen and oxygen atoms in total. The van der Waals surface area contributed by atoms with E-state index in [-0.39, 0.29) is 16.5 Å². The van der Waals surface area contributed by atoms with Gasteiger partial charge in [-0.3, -0.25) is 4.98 Å². The van der Waals surface area contributed by atoms with E-state index < -0.39 is 21.5 Å². The number of nitrogens with zero attached hydrogens (tertiary/aromatic N) is 3. The highest BCUT2D eigenvalue weighted by Crippen LogP contribution is 2.40. The quantitative estimate of drug-likeness (QED) is 0.474. The molecule has 3 heterocycles. The summed E-state index contributed by atoms with van der Waals surface area (Å²) >= 11 is 0. The molecule has 0 saturated carbocycles. The zero-order valence-corrected chi connectivity index (χ0v) is 18.5. The number of aromatic amines is 1. The minimum Gasteiger partial charge on any atom is -0.369 e. The van der Waals surface area contributed by atoms with Crippen LogP contribution in [0.2, 0.25) is 0 Å². The summed E-state index contributed by atoms with van der Waals surface area (Å²) in [6.07, 6.45) is 4.96. The fraction of sp³-hybridized carbons (Fsp3) is 0.217. The van der Waals surface area contributed by atoms with Crippen molar-refractivity contribution in [3.8, 4) is 22.5 Å². The second-order valence-corrected chi connectivity index (χ2v) is 10.3. The number of halogens is 2. The van der Waals surface area contributed by atoms with Crippen molar-refractivity contribution < 1.29 is 17.2 Å². The van der Waals surface area contributed by atoms with E-state index in [1.54, 1.807) is 24.5 Å². The molecule has 1 fully saturated rings. The van der Waals surface area contributed by atoms with Crippen molar-refractivity contribution >= 4 is 26.6 Å². The lowest BCUT2D eigenvalue weighted by molar-refractivity contribution is 0.596. The molecular weight excluding hydrogens is 448 g/mol. The summed E-state index contributed by atoms with van der Waals surface area (Å²) in [4.78, 5) is 13.8. The number of imidazole rings is 1. The van der Waals surface area contributed by atoms with Crippen LogP contribution in [0.4, 0.5) is 14.5 Å². The molecule has 1 aliphatic heterocycles. The first kappa shape index (κ1) is 21.5. The number of para-hydroxylation sites is 1. The predicted octanol–water partition coefficient (Wildman–Crippen LogP) is 3.51. The van der Waals surface area contributed by atoms with Gasteiger partial charge in [-0.2, -0.15) is 0 Å². The van der Waals surface area contributed by atoms with Crippen molar-refractivity contribution in [2.75, 3.05) is 24.2 Å². The Kier molecular flexibility index (Phi) is 5.13. The Morgan fingerprint density at radius 1 is 1.15 bits per heavy atom. The SMILES string of the molecule is CS(=O)(=O)c1cc(F)cc(-c2cncc(-c3nc4c(F)cccc4[nH]3)c2N2CCC(N)C2)c1. The fourth-order valence-corrected chi connectivity index (χ4v) is 4.89. The molecule has 33 heavy (non-hydrogen) atoms. The summed E-state index contributed by atoms with van der Waals surface area (Å²) in [5.41, 5.74) is 9.06. The summed E-state index contributed by atoms with van der Waals surface area (Å²) in [5, 5.41) is 0. The first-order valence-corrected chi connectivity index (χ1v) is 12.2. The predicted molar refractivity (Wildman–Crippen MR) is 123 cm³/mol. The molecule has 0 aliphatic carbocycles. The summed E-state index contributed by atoms with van der Waals surface area (Å²) in [6, 6.07) is 8.29. The molecule has 10 heteroatoms. The highest BCUT2D eigenvalue weighted by atomic mass is 32.2. The lowest BCUT2D eigenvalue weighted by Gasteiger charge is -2.24. The maximum Gasteiger partial charge on any atom is 0.175 e. The fourth-order valence-electron chi connectivity index (χ4n) is 4.23. The second-order valence-electron chi connectivity index (χ2n) is 8.25. The van der Waals surface area contributed by atoms with Crippen LogP contribution in [0.25, 0.3) is 33.5 Å². The number of aromatic nitrogens is 3. The van der Waals surface area contributed by atoms with Gasteiger partial charge in [-0.15, -0.1) is 0 Å². The number of hydrogen-bond donors (Lipinski definition) is 2. The Morgan fingerprint density at radius 3 is 2.64 bits per heavy atom. The van der Waals surface area contributed by atoms with Crippen LogP contribution in [0, 0.1) is 11.6 Å². The minimum absolute atomic E-state index is 0.0499. The molecule has 5 rings (SSSR count).